The van der Waals surface area contributed by atoms with Gasteiger partial charge in [0.25, 0.3) is 0 Å². The number of nitrogens with zero attached hydrogens (tertiary/aromatic N) is 1. The second-order valence-corrected chi connectivity index (χ2v) is 9.48. The summed E-state index contributed by atoms with van der Waals surface area (Å²) in [7, 11) is -7.85. The maximum atomic E-state index is 13.5. The third kappa shape index (κ3) is 4.08. The average Bonchev–Trinajstić information content (AvgIpc) is 2.94. The fourth-order valence-corrected chi connectivity index (χ4v) is 4.48. The summed E-state index contributed by atoms with van der Waals surface area (Å²) >= 11 is 0. The van der Waals surface area contributed by atoms with Crippen molar-refractivity contribution in [2.75, 3.05) is 25.9 Å². The quantitative estimate of drug-likeness (QED) is 0.766. The van der Waals surface area contributed by atoms with Gasteiger partial charge < -0.3 is 4.90 Å². The molecular weight excluding hydrogens is 366 g/mol. The highest BCUT2D eigenvalue weighted by atomic mass is 32.2. The van der Waals surface area contributed by atoms with Crippen LogP contribution in [0.4, 0.5) is 8.78 Å². The molecule has 24 heavy (non-hydrogen) atoms. The molecule has 1 unspecified atom stereocenters. The lowest BCUT2D eigenvalue weighted by atomic mass is 10.3. The molecule has 0 saturated carbocycles. The minimum atomic E-state index is -4.55. The summed E-state index contributed by atoms with van der Waals surface area (Å²) in [5, 5.41) is -0.693. The number of nitrogens with one attached hydrogen (secondary N) is 1. The van der Waals surface area contributed by atoms with E-state index in [0.717, 1.165) is 24.5 Å². The number of hydrogen-bond acceptors (Lipinski definition) is 5. The van der Waals surface area contributed by atoms with E-state index in [-0.39, 0.29) is 19.5 Å². The Hall–Kier alpha value is -1.59. The number of carbonyl (C=O) groups excluding carboxylic acids is 1. The van der Waals surface area contributed by atoms with Crippen LogP contribution in [0, 0.1) is 11.6 Å². The molecule has 2 rings (SSSR count). The van der Waals surface area contributed by atoms with Crippen molar-refractivity contribution < 1.29 is 30.4 Å². The molecule has 0 spiro atoms. The molecule has 1 saturated heterocycles. The van der Waals surface area contributed by atoms with Gasteiger partial charge in [-0.25, -0.2) is 30.3 Å². The summed E-state index contributed by atoms with van der Waals surface area (Å²) in [5.41, 5.74) is 0. The lowest BCUT2D eigenvalue weighted by Crippen LogP contribution is -2.40. The monoisotopic (exact) mass is 382 g/mol. The number of likely N-dealkylation sites (tertiary alicyclic amines) is 1. The van der Waals surface area contributed by atoms with Gasteiger partial charge in [0.05, 0.1) is 11.8 Å². The summed E-state index contributed by atoms with van der Waals surface area (Å²) in [6.45, 7) is -0.577. The zero-order valence-corrected chi connectivity index (χ0v) is 14.3. The molecule has 11 heteroatoms. The van der Waals surface area contributed by atoms with Crippen LogP contribution in [-0.2, 0) is 24.7 Å². The SMILES string of the molecule is CS(=O)(=O)C1CCN(C(=O)CNS(=O)(=O)c2c(F)cccc2F)C1. The van der Waals surface area contributed by atoms with Crippen LogP contribution >= 0.6 is 0 Å². The Morgan fingerprint density at radius 2 is 1.83 bits per heavy atom. The molecule has 1 fully saturated rings. The fourth-order valence-electron chi connectivity index (χ4n) is 2.38. The van der Waals surface area contributed by atoms with Gasteiger partial charge in [-0.3, -0.25) is 4.79 Å². The first-order valence-electron chi connectivity index (χ1n) is 6.92. The van der Waals surface area contributed by atoms with Crippen molar-refractivity contribution in [1.82, 2.24) is 9.62 Å². The molecular formula is C13H16F2N2O5S2. The first kappa shape index (κ1) is 18.7. The third-order valence-electron chi connectivity index (χ3n) is 3.70. The first-order chi connectivity index (χ1) is 11.0. The van der Waals surface area contributed by atoms with Gasteiger partial charge in [-0.1, -0.05) is 6.07 Å². The van der Waals surface area contributed by atoms with Crippen LogP contribution in [0.15, 0.2) is 23.1 Å². The van der Waals surface area contributed by atoms with Crippen LogP contribution in [0.25, 0.3) is 0 Å². The number of carbonyl (C=O) groups is 1. The number of sulfone groups is 1. The zero-order valence-electron chi connectivity index (χ0n) is 12.7. The Kier molecular flexibility index (Phi) is 5.25. The number of halogens is 2. The molecule has 0 bridgehead atoms. The molecule has 0 aromatic heterocycles. The second kappa shape index (κ2) is 6.73. The van der Waals surface area contributed by atoms with E-state index in [9.17, 15) is 30.4 Å². The maximum absolute atomic E-state index is 13.5. The third-order valence-corrected chi connectivity index (χ3v) is 6.75. The Bertz CT molecular complexity index is 835. The van der Waals surface area contributed by atoms with Gasteiger partial charge in [-0.2, -0.15) is 0 Å². The van der Waals surface area contributed by atoms with E-state index in [2.05, 4.69) is 0 Å². The summed E-state index contributed by atoms with van der Waals surface area (Å²) in [6.07, 6.45) is 1.33. The van der Waals surface area contributed by atoms with Crippen molar-refractivity contribution in [3.63, 3.8) is 0 Å². The molecule has 7 nitrogen and oxygen atoms in total. The molecule has 1 heterocycles. The van der Waals surface area contributed by atoms with Gasteiger partial charge in [-0.15, -0.1) is 0 Å². The molecule has 1 atom stereocenters. The Labute approximate surface area is 138 Å². The smallest absolute Gasteiger partial charge is 0.246 e. The van der Waals surface area contributed by atoms with Crippen molar-refractivity contribution in [2.24, 2.45) is 0 Å². The van der Waals surface area contributed by atoms with Gasteiger partial charge in [0.15, 0.2) is 14.7 Å². The highest BCUT2D eigenvalue weighted by Crippen LogP contribution is 2.19. The second-order valence-electron chi connectivity index (χ2n) is 5.46. The van der Waals surface area contributed by atoms with Crippen molar-refractivity contribution in [1.29, 1.82) is 0 Å². The zero-order chi connectivity index (χ0) is 18.1. The van der Waals surface area contributed by atoms with E-state index >= 15 is 0 Å². The average molecular weight is 382 g/mol. The standard InChI is InChI=1S/C13H16F2N2O5S2/c1-23(19,20)9-5-6-17(8-9)12(18)7-16-24(21,22)13-10(14)3-2-4-11(13)15/h2-4,9,16H,5-8H2,1H3. The lowest BCUT2D eigenvalue weighted by molar-refractivity contribution is -0.128. The molecule has 0 aliphatic carbocycles. The molecule has 1 aromatic rings. The number of hydrogen-bond donors (Lipinski definition) is 1. The van der Waals surface area contributed by atoms with Gasteiger partial charge in [0, 0.05) is 19.3 Å². The Morgan fingerprint density at radius 1 is 1.25 bits per heavy atom. The number of rotatable bonds is 5. The highest BCUT2D eigenvalue weighted by molar-refractivity contribution is 7.91. The number of amides is 1. The van der Waals surface area contributed by atoms with E-state index in [1.54, 1.807) is 0 Å². The van der Waals surface area contributed by atoms with Crippen LogP contribution in [0.1, 0.15) is 6.42 Å². The van der Waals surface area contributed by atoms with Gasteiger partial charge in [0.2, 0.25) is 15.9 Å². The van der Waals surface area contributed by atoms with Crippen LogP contribution in [0.3, 0.4) is 0 Å². The van der Waals surface area contributed by atoms with Gasteiger partial charge >= 0.3 is 0 Å². The van der Waals surface area contributed by atoms with Crippen molar-refractivity contribution in [2.45, 2.75) is 16.6 Å². The Morgan fingerprint density at radius 3 is 2.33 bits per heavy atom. The molecule has 1 aliphatic rings. The van der Waals surface area contributed by atoms with Crippen molar-refractivity contribution in [3.05, 3.63) is 29.8 Å². The van der Waals surface area contributed by atoms with Gasteiger partial charge in [-0.05, 0) is 18.6 Å². The Balaban J connectivity index is 2.04. The predicted octanol–water partition coefficient (Wildman–Crippen LogP) is -0.111. The fraction of sp³-hybridized carbons (Fsp3) is 0.462. The van der Waals surface area contributed by atoms with Gasteiger partial charge in [0.1, 0.15) is 11.6 Å². The van der Waals surface area contributed by atoms with Crippen molar-refractivity contribution >= 4 is 25.8 Å². The largest absolute Gasteiger partial charge is 0.340 e. The lowest BCUT2D eigenvalue weighted by Gasteiger charge is -2.16. The van der Waals surface area contributed by atoms with Crippen LogP contribution in [0.5, 0.6) is 0 Å². The van der Waals surface area contributed by atoms with Crippen LogP contribution < -0.4 is 4.72 Å². The first-order valence-corrected chi connectivity index (χ1v) is 10.4. The summed E-state index contributed by atoms with van der Waals surface area (Å²) < 4.78 is 75.7. The molecule has 0 radical (unpaired) electrons. The summed E-state index contributed by atoms with van der Waals surface area (Å²) in [6, 6.07) is 2.59. The minimum absolute atomic E-state index is 0.0343. The number of benzene rings is 1. The van der Waals surface area contributed by atoms with Crippen molar-refractivity contribution in [3.8, 4) is 0 Å². The normalized spacial score (nSPS) is 18.8. The van der Waals surface area contributed by atoms with E-state index < -0.39 is 54.1 Å². The van der Waals surface area contributed by atoms with Crippen LogP contribution in [0.2, 0.25) is 0 Å². The van der Waals surface area contributed by atoms with E-state index in [4.69, 9.17) is 0 Å². The molecule has 1 N–H and O–H groups in total. The molecule has 1 amide bonds. The molecule has 1 aliphatic heterocycles. The summed E-state index contributed by atoms with van der Waals surface area (Å²) in [5.74, 6) is -3.21. The topological polar surface area (TPSA) is 101 Å². The highest BCUT2D eigenvalue weighted by Gasteiger charge is 2.33. The van der Waals surface area contributed by atoms with E-state index in [0.29, 0.717) is 0 Å². The predicted molar refractivity (Wildman–Crippen MR) is 81.4 cm³/mol. The molecule has 1 aromatic carbocycles. The van der Waals surface area contributed by atoms with E-state index in [1.165, 1.54) is 4.90 Å². The number of sulfonamides is 1. The maximum Gasteiger partial charge on any atom is 0.246 e. The molecule has 134 valence electrons. The minimum Gasteiger partial charge on any atom is -0.340 e. The van der Waals surface area contributed by atoms with E-state index in [1.807, 2.05) is 4.72 Å². The summed E-state index contributed by atoms with van der Waals surface area (Å²) in [4.78, 5) is 12.0. The van der Waals surface area contributed by atoms with Crippen LogP contribution in [-0.4, -0.2) is 58.8 Å².